The lowest BCUT2D eigenvalue weighted by molar-refractivity contribution is 0.0954. The van der Waals surface area contributed by atoms with E-state index < -0.39 is 0 Å². The summed E-state index contributed by atoms with van der Waals surface area (Å²) in [6.45, 7) is 6.64. The van der Waals surface area contributed by atoms with Gasteiger partial charge in [0.15, 0.2) is 11.5 Å². The van der Waals surface area contributed by atoms with E-state index >= 15 is 0 Å². The molecule has 2 aromatic carbocycles. The fourth-order valence-electron chi connectivity index (χ4n) is 2.23. The van der Waals surface area contributed by atoms with Gasteiger partial charge in [0.05, 0.1) is 24.4 Å². The number of benzene rings is 2. The Labute approximate surface area is 173 Å². The quantitative estimate of drug-likeness (QED) is 0.329. The van der Waals surface area contributed by atoms with Gasteiger partial charge < -0.3 is 14.2 Å². The van der Waals surface area contributed by atoms with Crippen LogP contribution in [0.3, 0.4) is 0 Å². The van der Waals surface area contributed by atoms with Gasteiger partial charge in [0.1, 0.15) is 12.4 Å². The van der Waals surface area contributed by atoms with Crippen LogP contribution in [-0.2, 0) is 0 Å². The molecule has 0 unspecified atom stereocenters. The molecule has 1 amide bonds. The van der Waals surface area contributed by atoms with E-state index in [2.05, 4.69) is 33.0 Å². The molecule has 0 radical (unpaired) electrons. The zero-order valence-electron chi connectivity index (χ0n) is 15.9. The van der Waals surface area contributed by atoms with Gasteiger partial charge in [-0.3, -0.25) is 4.79 Å². The normalized spacial score (nSPS) is 10.5. The van der Waals surface area contributed by atoms with Crippen LogP contribution in [0.1, 0.15) is 29.3 Å². The molecule has 0 aliphatic heterocycles. The maximum atomic E-state index is 12.3. The van der Waals surface area contributed by atoms with Crippen LogP contribution in [0.5, 0.6) is 17.2 Å². The summed E-state index contributed by atoms with van der Waals surface area (Å²) in [7, 11) is 1.54. The van der Waals surface area contributed by atoms with Gasteiger partial charge in [0.25, 0.3) is 5.91 Å². The number of amides is 1. The molecule has 0 heterocycles. The average molecular weight is 447 g/mol. The van der Waals surface area contributed by atoms with Crippen LogP contribution >= 0.6 is 15.9 Å². The molecule has 0 saturated carbocycles. The summed E-state index contributed by atoms with van der Waals surface area (Å²) in [4.78, 5) is 12.3. The van der Waals surface area contributed by atoms with E-state index in [-0.39, 0.29) is 5.91 Å². The number of hydrogen-bond donors (Lipinski definition) is 1. The molecule has 1 N–H and O–H groups in total. The van der Waals surface area contributed by atoms with Crippen molar-refractivity contribution in [2.45, 2.75) is 13.3 Å². The zero-order valence-corrected chi connectivity index (χ0v) is 17.5. The number of carbonyl (C=O) groups excluding carboxylic acids is 1. The molecule has 6 nitrogen and oxygen atoms in total. The number of ether oxygens (including phenoxy) is 3. The molecule has 0 saturated heterocycles. The predicted molar refractivity (Wildman–Crippen MR) is 114 cm³/mol. The van der Waals surface area contributed by atoms with E-state index in [9.17, 15) is 4.79 Å². The first-order chi connectivity index (χ1) is 13.6. The maximum absolute atomic E-state index is 12.3. The minimum atomic E-state index is -0.346. The van der Waals surface area contributed by atoms with Crippen molar-refractivity contribution in [1.29, 1.82) is 0 Å². The summed E-state index contributed by atoms with van der Waals surface area (Å²) in [5.41, 5.74) is 3.73. The highest BCUT2D eigenvalue weighted by atomic mass is 79.9. The Kier molecular flexibility index (Phi) is 8.55. The first kappa shape index (κ1) is 21.5. The molecule has 0 spiro atoms. The lowest BCUT2D eigenvalue weighted by atomic mass is 10.2. The van der Waals surface area contributed by atoms with Crippen molar-refractivity contribution in [2.75, 3.05) is 20.3 Å². The lowest BCUT2D eigenvalue weighted by Gasteiger charge is -2.11. The van der Waals surface area contributed by atoms with Crippen LogP contribution in [0, 0.1) is 0 Å². The Hall–Kier alpha value is -2.80. The van der Waals surface area contributed by atoms with Gasteiger partial charge in [-0.1, -0.05) is 19.6 Å². The van der Waals surface area contributed by atoms with Crippen molar-refractivity contribution >= 4 is 28.1 Å². The molecule has 0 aromatic heterocycles. The summed E-state index contributed by atoms with van der Waals surface area (Å²) < 4.78 is 17.2. The van der Waals surface area contributed by atoms with Crippen molar-refractivity contribution < 1.29 is 19.0 Å². The number of halogens is 1. The lowest BCUT2D eigenvalue weighted by Crippen LogP contribution is -2.17. The predicted octanol–water partition coefficient (Wildman–Crippen LogP) is 4.58. The fourth-order valence-corrected chi connectivity index (χ4v) is 2.74. The van der Waals surface area contributed by atoms with Crippen molar-refractivity contribution in [2.24, 2.45) is 5.10 Å². The van der Waals surface area contributed by atoms with E-state index in [0.717, 1.165) is 16.5 Å². The van der Waals surface area contributed by atoms with Crippen LogP contribution in [0.2, 0.25) is 0 Å². The average Bonchev–Trinajstić information content (AvgIpc) is 2.71. The number of carbonyl (C=O) groups is 1. The number of nitrogens with one attached hydrogen (secondary N) is 1. The Morgan fingerprint density at radius 1 is 1.18 bits per heavy atom. The molecular weight excluding hydrogens is 424 g/mol. The van der Waals surface area contributed by atoms with Crippen LogP contribution in [-0.4, -0.2) is 32.4 Å². The highest BCUT2D eigenvalue weighted by Gasteiger charge is 2.10. The smallest absolute Gasteiger partial charge is 0.271 e. The highest BCUT2D eigenvalue weighted by Crippen LogP contribution is 2.28. The second-order valence-corrected chi connectivity index (χ2v) is 6.56. The van der Waals surface area contributed by atoms with Crippen LogP contribution in [0.25, 0.3) is 0 Å². The maximum Gasteiger partial charge on any atom is 0.271 e. The Morgan fingerprint density at radius 2 is 1.96 bits per heavy atom. The Morgan fingerprint density at radius 3 is 2.64 bits per heavy atom. The Bertz CT molecular complexity index is 852. The summed E-state index contributed by atoms with van der Waals surface area (Å²) in [5.74, 6) is 1.47. The van der Waals surface area contributed by atoms with E-state index in [1.54, 1.807) is 30.5 Å². The standard InChI is InChI=1S/C21H23BrN2O4/c1-4-10-27-18-8-6-15(12-17(18)22)14-23-24-21(25)16-7-9-19(28-11-5-2)20(13-16)26-3/h4,6-9,12-14H,1,5,10-11H2,2-3H3,(H,24,25)/b23-14+. The molecule has 2 aromatic rings. The number of hydrazone groups is 1. The van der Waals surface area contributed by atoms with Crippen molar-refractivity contribution in [3.8, 4) is 17.2 Å². The molecular formula is C21H23BrN2O4. The van der Waals surface area contributed by atoms with E-state index in [4.69, 9.17) is 14.2 Å². The minimum absolute atomic E-state index is 0.346. The van der Waals surface area contributed by atoms with Crippen LogP contribution in [0.15, 0.2) is 58.6 Å². The first-order valence-electron chi connectivity index (χ1n) is 8.76. The van der Waals surface area contributed by atoms with Gasteiger partial charge in [0, 0.05) is 5.56 Å². The monoisotopic (exact) mass is 446 g/mol. The molecule has 0 aliphatic rings. The van der Waals surface area contributed by atoms with Gasteiger partial charge in [-0.05, 0) is 64.3 Å². The number of methoxy groups -OCH3 is 1. The molecule has 0 aliphatic carbocycles. The second kappa shape index (κ2) is 11.1. The van der Waals surface area contributed by atoms with Gasteiger partial charge in [-0.2, -0.15) is 5.10 Å². The van der Waals surface area contributed by atoms with Gasteiger partial charge in [-0.15, -0.1) is 0 Å². The summed E-state index contributed by atoms with van der Waals surface area (Å²) in [6.07, 6.45) is 4.11. The molecule has 148 valence electrons. The third-order valence-corrected chi connectivity index (χ3v) is 4.20. The third-order valence-electron chi connectivity index (χ3n) is 3.58. The molecule has 0 fully saturated rings. The summed E-state index contributed by atoms with van der Waals surface area (Å²) >= 11 is 3.44. The van der Waals surface area contributed by atoms with Crippen LogP contribution in [0.4, 0.5) is 0 Å². The van der Waals surface area contributed by atoms with E-state index in [0.29, 0.717) is 36.0 Å². The van der Waals surface area contributed by atoms with Crippen molar-refractivity contribution in [3.63, 3.8) is 0 Å². The zero-order chi connectivity index (χ0) is 20.4. The Balaban J connectivity index is 2.01. The van der Waals surface area contributed by atoms with E-state index in [1.807, 2.05) is 25.1 Å². The summed E-state index contributed by atoms with van der Waals surface area (Å²) in [5, 5.41) is 4.00. The molecule has 0 bridgehead atoms. The number of hydrogen-bond acceptors (Lipinski definition) is 5. The van der Waals surface area contributed by atoms with Crippen molar-refractivity contribution in [1.82, 2.24) is 5.43 Å². The van der Waals surface area contributed by atoms with Gasteiger partial charge >= 0.3 is 0 Å². The minimum Gasteiger partial charge on any atom is -0.493 e. The number of nitrogens with zero attached hydrogens (tertiary/aromatic N) is 1. The molecule has 7 heteroatoms. The second-order valence-electron chi connectivity index (χ2n) is 5.70. The molecule has 0 atom stereocenters. The number of rotatable bonds is 10. The first-order valence-corrected chi connectivity index (χ1v) is 9.55. The topological polar surface area (TPSA) is 69.2 Å². The third kappa shape index (κ3) is 6.13. The fraction of sp³-hybridized carbons (Fsp3) is 0.238. The van der Waals surface area contributed by atoms with Crippen molar-refractivity contribution in [3.05, 3.63) is 64.7 Å². The van der Waals surface area contributed by atoms with E-state index in [1.165, 1.54) is 7.11 Å². The molecule has 28 heavy (non-hydrogen) atoms. The highest BCUT2D eigenvalue weighted by molar-refractivity contribution is 9.10. The van der Waals surface area contributed by atoms with Crippen LogP contribution < -0.4 is 19.6 Å². The summed E-state index contributed by atoms with van der Waals surface area (Å²) in [6, 6.07) is 10.5. The van der Waals surface area contributed by atoms with Gasteiger partial charge in [0.2, 0.25) is 0 Å². The van der Waals surface area contributed by atoms with Gasteiger partial charge in [-0.25, -0.2) is 5.43 Å². The SMILES string of the molecule is C=CCOc1ccc(/C=N/NC(=O)c2ccc(OCCC)c(OC)c2)cc1Br. The largest absolute Gasteiger partial charge is 0.493 e. The molecule has 2 rings (SSSR count).